The number of aliphatic hydroxyl groups is 1. The first-order valence-electron chi connectivity index (χ1n) is 7.37. The Hall–Kier alpha value is -2.05. The van der Waals surface area contributed by atoms with Crippen molar-refractivity contribution in [3.63, 3.8) is 0 Å². The highest BCUT2D eigenvalue weighted by Crippen LogP contribution is 2.22. The molecule has 2 atom stereocenters. The molecule has 0 bridgehead atoms. The van der Waals surface area contributed by atoms with E-state index in [1.54, 1.807) is 0 Å². The number of benzene rings is 1. The number of likely N-dealkylation sites (tertiary alicyclic amines) is 1. The molecule has 2 heterocycles. The highest BCUT2D eigenvalue weighted by Gasteiger charge is 2.31. The number of nitrogens with zero attached hydrogens (tertiary/aromatic N) is 1. The van der Waals surface area contributed by atoms with Crippen LogP contribution in [0.15, 0.2) is 30.5 Å². The summed E-state index contributed by atoms with van der Waals surface area (Å²) in [4.78, 5) is 16.7. The smallest absolute Gasteiger partial charge is 0.438 e. The summed E-state index contributed by atoms with van der Waals surface area (Å²) in [5.41, 5.74) is 2.31. The number of aliphatic hydroxyl groups excluding tert-OH is 1. The number of piperidine rings is 1. The lowest BCUT2D eigenvalue weighted by Gasteiger charge is -2.35. The van der Waals surface area contributed by atoms with Crippen LogP contribution in [0.5, 0.6) is 0 Å². The van der Waals surface area contributed by atoms with Crippen LogP contribution in [0, 0.1) is 0 Å². The summed E-state index contributed by atoms with van der Waals surface area (Å²) in [6.07, 6.45) is 0.637. The van der Waals surface area contributed by atoms with Crippen LogP contribution < -0.4 is 0 Å². The second-order valence-corrected chi connectivity index (χ2v) is 5.56. The topological polar surface area (TPSA) is 74.8 Å². The lowest BCUT2D eigenvalue weighted by molar-refractivity contribution is -0.0657. The minimum Gasteiger partial charge on any atom is -0.438 e. The van der Waals surface area contributed by atoms with Crippen molar-refractivity contribution in [1.82, 2.24) is 9.88 Å². The molecule has 118 valence electrons. The van der Waals surface area contributed by atoms with Gasteiger partial charge < -0.3 is 19.6 Å². The van der Waals surface area contributed by atoms with Gasteiger partial charge in [-0.25, -0.2) is 4.79 Å². The minimum absolute atomic E-state index is 0.496. The SMILES string of the molecule is COC(=O)O[C@H]1CN(Cc2c[nH]c3ccccc23)CC[C@@H]1O. The second kappa shape index (κ2) is 6.37. The maximum Gasteiger partial charge on any atom is 0.508 e. The van der Waals surface area contributed by atoms with Crippen LogP contribution in [0.4, 0.5) is 4.79 Å². The number of methoxy groups -OCH3 is 1. The maximum atomic E-state index is 11.2. The van der Waals surface area contributed by atoms with Gasteiger partial charge in [-0.1, -0.05) is 18.2 Å². The van der Waals surface area contributed by atoms with Gasteiger partial charge in [0.25, 0.3) is 0 Å². The Morgan fingerprint density at radius 2 is 2.27 bits per heavy atom. The molecule has 1 aliphatic rings. The van der Waals surface area contributed by atoms with Crippen molar-refractivity contribution in [1.29, 1.82) is 0 Å². The average Bonchev–Trinajstić information content (AvgIpc) is 2.94. The number of carbonyl (C=O) groups excluding carboxylic acids is 1. The molecule has 3 rings (SSSR count). The molecular formula is C16H20N2O4. The number of hydrogen-bond acceptors (Lipinski definition) is 5. The second-order valence-electron chi connectivity index (χ2n) is 5.56. The van der Waals surface area contributed by atoms with Crippen LogP contribution in [0.1, 0.15) is 12.0 Å². The zero-order valence-electron chi connectivity index (χ0n) is 12.5. The molecule has 2 aromatic rings. The van der Waals surface area contributed by atoms with E-state index in [2.05, 4.69) is 20.7 Å². The zero-order valence-corrected chi connectivity index (χ0v) is 12.5. The number of aromatic amines is 1. The molecule has 6 nitrogen and oxygen atoms in total. The van der Waals surface area contributed by atoms with Crippen molar-refractivity contribution < 1.29 is 19.4 Å². The number of ether oxygens (including phenoxy) is 2. The first kappa shape index (κ1) is 14.9. The monoisotopic (exact) mass is 304 g/mol. The Morgan fingerprint density at radius 3 is 3.09 bits per heavy atom. The largest absolute Gasteiger partial charge is 0.508 e. The van der Waals surface area contributed by atoms with Gasteiger partial charge in [0.2, 0.25) is 0 Å². The molecule has 1 saturated heterocycles. The van der Waals surface area contributed by atoms with Crippen LogP contribution in [-0.4, -0.2) is 53.6 Å². The van der Waals surface area contributed by atoms with Crippen molar-refractivity contribution in [2.24, 2.45) is 0 Å². The molecule has 0 spiro atoms. The Morgan fingerprint density at radius 1 is 1.45 bits per heavy atom. The third-order valence-electron chi connectivity index (χ3n) is 4.09. The van der Waals surface area contributed by atoms with Crippen LogP contribution >= 0.6 is 0 Å². The molecule has 0 saturated carbocycles. The molecular weight excluding hydrogens is 284 g/mol. The number of aromatic nitrogens is 1. The van der Waals surface area contributed by atoms with Crippen molar-refractivity contribution in [2.75, 3.05) is 20.2 Å². The highest BCUT2D eigenvalue weighted by molar-refractivity contribution is 5.82. The summed E-state index contributed by atoms with van der Waals surface area (Å²) in [7, 11) is 1.27. The first-order chi connectivity index (χ1) is 10.7. The Balaban J connectivity index is 1.68. The van der Waals surface area contributed by atoms with E-state index in [1.807, 2.05) is 24.4 Å². The third-order valence-corrected chi connectivity index (χ3v) is 4.09. The van der Waals surface area contributed by atoms with Crippen LogP contribution in [0.2, 0.25) is 0 Å². The average molecular weight is 304 g/mol. The molecule has 0 unspecified atom stereocenters. The molecule has 0 amide bonds. The molecule has 1 aromatic heterocycles. The predicted octanol–water partition coefficient (Wildman–Crippen LogP) is 1.89. The van der Waals surface area contributed by atoms with Crippen molar-refractivity contribution >= 4 is 17.1 Å². The Labute approximate surface area is 128 Å². The minimum atomic E-state index is -0.752. The van der Waals surface area contributed by atoms with E-state index in [4.69, 9.17) is 4.74 Å². The molecule has 0 radical (unpaired) electrons. The number of nitrogens with one attached hydrogen (secondary N) is 1. The Kier molecular flexibility index (Phi) is 4.31. The quantitative estimate of drug-likeness (QED) is 0.847. The molecule has 1 aliphatic heterocycles. The van der Waals surface area contributed by atoms with Gasteiger partial charge in [-0.05, 0) is 18.1 Å². The molecule has 1 fully saturated rings. The number of hydrogen-bond donors (Lipinski definition) is 2. The number of carbonyl (C=O) groups is 1. The summed E-state index contributed by atoms with van der Waals surface area (Å²) >= 11 is 0. The predicted molar refractivity (Wildman–Crippen MR) is 81.5 cm³/mol. The summed E-state index contributed by atoms with van der Waals surface area (Å²) < 4.78 is 9.63. The van der Waals surface area contributed by atoms with Crippen molar-refractivity contribution in [3.05, 3.63) is 36.0 Å². The molecule has 6 heteroatoms. The van der Waals surface area contributed by atoms with Crippen LogP contribution in [-0.2, 0) is 16.0 Å². The first-order valence-corrected chi connectivity index (χ1v) is 7.37. The van der Waals surface area contributed by atoms with Crippen molar-refractivity contribution in [2.45, 2.75) is 25.2 Å². The van der Waals surface area contributed by atoms with E-state index in [0.29, 0.717) is 13.0 Å². The summed E-state index contributed by atoms with van der Waals surface area (Å²) in [6, 6.07) is 8.15. The fourth-order valence-corrected chi connectivity index (χ4v) is 2.90. The van der Waals surface area contributed by atoms with Crippen molar-refractivity contribution in [3.8, 4) is 0 Å². The van der Waals surface area contributed by atoms with Crippen LogP contribution in [0.25, 0.3) is 10.9 Å². The van der Waals surface area contributed by atoms with Gasteiger partial charge in [0.1, 0.15) is 6.10 Å². The summed E-state index contributed by atoms with van der Waals surface area (Å²) in [5, 5.41) is 11.2. The van der Waals surface area contributed by atoms with E-state index < -0.39 is 18.4 Å². The zero-order chi connectivity index (χ0) is 15.5. The number of H-pyrrole nitrogens is 1. The van der Waals surface area contributed by atoms with E-state index in [9.17, 15) is 9.90 Å². The van der Waals surface area contributed by atoms with Gasteiger partial charge in [-0.15, -0.1) is 0 Å². The molecule has 1 aromatic carbocycles. The van der Waals surface area contributed by atoms with E-state index >= 15 is 0 Å². The highest BCUT2D eigenvalue weighted by atomic mass is 16.7. The van der Waals surface area contributed by atoms with E-state index in [-0.39, 0.29) is 0 Å². The van der Waals surface area contributed by atoms with E-state index in [0.717, 1.165) is 18.6 Å². The van der Waals surface area contributed by atoms with Crippen LogP contribution in [0.3, 0.4) is 0 Å². The van der Waals surface area contributed by atoms with Gasteiger partial charge in [-0.2, -0.15) is 0 Å². The normalized spacial score (nSPS) is 22.6. The third kappa shape index (κ3) is 3.08. The maximum absolute atomic E-state index is 11.2. The fourth-order valence-electron chi connectivity index (χ4n) is 2.90. The van der Waals surface area contributed by atoms with E-state index in [1.165, 1.54) is 18.1 Å². The Bertz CT molecular complexity index is 654. The summed E-state index contributed by atoms with van der Waals surface area (Å²) in [6.45, 7) is 2.01. The fraction of sp³-hybridized carbons (Fsp3) is 0.438. The number of rotatable bonds is 3. The standard InChI is InChI=1S/C16H20N2O4/c1-21-16(20)22-15-10-18(7-6-14(15)19)9-11-8-17-13-5-3-2-4-12(11)13/h2-5,8,14-15,17,19H,6-7,9-10H2,1H3/t14-,15-/m0/s1. The molecule has 0 aliphatic carbocycles. The number of fused-ring (bicyclic) bond motifs is 1. The molecule has 2 N–H and O–H groups in total. The van der Waals surface area contributed by atoms with Gasteiger partial charge in [0.15, 0.2) is 0 Å². The van der Waals surface area contributed by atoms with Gasteiger partial charge in [-0.3, -0.25) is 4.90 Å². The number of para-hydroxylation sites is 1. The lowest BCUT2D eigenvalue weighted by atomic mass is 10.0. The van der Waals surface area contributed by atoms with Gasteiger partial charge in [0.05, 0.1) is 13.2 Å². The lowest BCUT2D eigenvalue weighted by Crippen LogP contribution is -2.48. The summed E-state index contributed by atoms with van der Waals surface area (Å²) in [5.74, 6) is 0. The van der Waals surface area contributed by atoms with Gasteiger partial charge in [0, 0.05) is 36.7 Å². The molecule has 22 heavy (non-hydrogen) atoms. The van der Waals surface area contributed by atoms with Gasteiger partial charge >= 0.3 is 6.16 Å².